The maximum atomic E-state index is 8.50. The van der Waals surface area contributed by atoms with Crippen LogP contribution < -0.4 is 5.46 Å². The highest BCUT2D eigenvalue weighted by molar-refractivity contribution is 6.45. The van der Waals surface area contributed by atoms with E-state index in [0.717, 1.165) is 5.46 Å². The van der Waals surface area contributed by atoms with Crippen LogP contribution >= 0.6 is 0 Å². The lowest BCUT2D eigenvalue weighted by atomic mass is 9.93. The molecule has 0 aliphatic heterocycles. The van der Waals surface area contributed by atoms with Crippen LogP contribution in [0.4, 0.5) is 0 Å². The van der Waals surface area contributed by atoms with Crippen LogP contribution in [0.1, 0.15) is 13.8 Å². The molecule has 0 aliphatic rings. The van der Waals surface area contributed by atoms with E-state index in [9.17, 15) is 0 Å². The minimum absolute atomic E-state index is 0.0772. The van der Waals surface area contributed by atoms with Crippen LogP contribution in [0, 0.1) is 0 Å². The van der Waals surface area contributed by atoms with Crippen LogP contribution in [0.25, 0.3) is 0 Å². The summed E-state index contributed by atoms with van der Waals surface area (Å²) in [7, 11) is 1.90. The van der Waals surface area contributed by atoms with Gasteiger partial charge in [0.05, 0.1) is 0 Å². The Morgan fingerprint density at radius 1 is 1.60 bits per heavy atom. The fourth-order valence-electron chi connectivity index (χ4n) is 0.554. The number of nitrogens with zero attached hydrogens (tertiary/aromatic N) is 2. The van der Waals surface area contributed by atoms with Gasteiger partial charge < -0.3 is 5.02 Å². The molecule has 1 rings (SSSR count). The molecule has 10 heavy (non-hydrogen) atoms. The van der Waals surface area contributed by atoms with E-state index in [4.69, 9.17) is 5.02 Å². The second-order valence-electron chi connectivity index (χ2n) is 1.68. The van der Waals surface area contributed by atoms with Crippen molar-refractivity contribution in [3.63, 3.8) is 0 Å². The Balaban J connectivity index is 0.000000371. The van der Waals surface area contributed by atoms with Crippen LogP contribution in [-0.4, -0.2) is 22.3 Å². The molecule has 0 atom stereocenters. The second-order valence-corrected chi connectivity index (χ2v) is 1.68. The van der Waals surface area contributed by atoms with Crippen molar-refractivity contribution in [2.45, 2.75) is 13.8 Å². The molecule has 1 aromatic heterocycles. The van der Waals surface area contributed by atoms with E-state index in [-0.39, 0.29) is 7.48 Å². The molecule has 0 fully saturated rings. The van der Waals surface area contributed by atoms with Crippen molar-refractivity contribution in [1.29, 1.82) is 0 Å². The van der Waals surface area contributed by atoms with Crippen molar-refractivity contribution in [1.82, 2.24) is 9.78 Å². The molecule has 0 radical (unpaired) electrons. The van der Waals surface area contributed by atoms with Gasteiger partial charge in [0.25, 0.3) is 0 Å². The van der Waals surface area contributed by atoms with Gasteiger partial charge in [-0.1, -0.05) is 13.8 Å². The van der Waals surface area contributed by atoms with Gasteiger partial charge in [0.15, 0.2) is 0 Å². The lowest BCUT2D eigenvalue weighted by Crippen LogP contribution is -2.09. The molecule has 4 heteroatoms. The summed E-state index contributed by atoms with van der Waals surface area (Å²) < 4.78 is 1.66. The van der Waals surface area contributed by atoms with Gasteiger partial charge in [0, 0.05) is 19.4 Å². The summed E-state index contributed by atoms with van der Waals surface area (Å²) in [5.74, 6) is 0. The maximum absolute atomic E-state index is 8.50. The van der Waals surface area contributed by atoms with Crippen LogP contribution in [0.15, 0.2) is 12.4 Å². The third-order valence-electron chi connectivity index (χ3n) is 0.941. The Morgan fingerprint density at radius 3 is 2.40 bits per heavy atom. The third kappa shape index (κ3) is 2.68. The van der Waals surface area contributed by atoms with E-state index in [1.165, 1.54) is 0 Å². The fraction of sp³-hybridized carbons (Fsp3) is 0.500. The molecule has 56 valence electrons. The second kappa shape index (κ2) is 5.05. The minimum Gasteiger partial charge on any atom is -0.449 e. The average Bonchev–Trinajstić information content (AvgIpc) is 2.40. The molecule has 0 aliphatic carbocycles. The SMILES string of the molecule is CC.Cn1cc(BO)cn1. The van der Waals surface area contributed by atoms with Crippen LogP contribution in [-0.2, 0) is 7.05 Å². The highest BCUT2D eigenvalue weighted by Gasteiger charge is 1.92. The average molecular weight is 140 g/mol. The van der Waals surface area contributed by atoms with E-state index in [2.05, 4.69) is 5.10 Å². The summed E-state index contributed by atoms with van der Waals surface area (Å²) >= 11 is 0. The molecule has 1 heterocycles. The Kier molecular flexibility index (Phi) is 4.67. The van der Waals surface area contributed by atoms with E-state index >= 15 is 0 Å². The molecule has 0 aromatic carbocycles. The van der Waals surface area contributed by atoms with E-state index in [1.807, 2.05) is 20.9 Å². The molecular weight excluding hydrogens is 127 g/mol. The first-order valence-electron chi connectivity index (χ1n) is 3.41. The first-order chi connectivity index (χ1) is 4.83. The van der Waals surface area contributed by atoms with Gasteiger partial charge in [-0.15, -0.1) is 0 Å². The summed E-state index contributed by atoms with van der Waals surface area (Å²) in [6.07, 6.45) is 3.42. The largest absolute Gasteiger partial charge is 0.449 e. The zero-order chi connectivity index (χ0) is 7.98. The van der Waals surface area contributed by atoms with E-state index in [1.54, 1.807) is 17.1 Å². The molecule has 0 saturated carbocycles. The van der Waals surface area contributed by atoms with Crippen LogP contribution in [0.3, 0.4) is 0 Å². The Bertz CT molecular complexity index is 176. The standard InChI is InChI=1S/C4H7BN2O.C2H6/c1-7-3-4(5-8)2-6-7;1-2/h2-3,5,8H,1H3;1-2H3. The first kappa shape index (κ1) is 9.23. The van der Waals surface area contributed by atoms with Gasteiger partial charge in [0.2, 0.25) is 0 Å². The van der Waals surface area contributed by atoms with Gasteiger partial charge in [-0.05, 0) is 5.46 Å². The molecular formula is C6H13BN2O. The lowest BCUT2D eigenvalue weighted by molar-refractivity contribution is 0.615. The quantitative estimate of drug-likeness (QED) is 0.529. The third-order valence-corrected chi connectivity index (χ3v) is 0.941. The highest BCUT2D eigenvalue weighted by atomic mass is 16.2. The van der Waals surface area contributed by atoms with Crippen molar-refractivity contribution >= 4 is 12.9 Å². The Labute approximate surface area is 62.0 Å². The predicted octanol–water partition coefficient (Wildman–Crippen LogP) is -0.585. The number of hydrogen-bond acceptors (Lipinski definition) is 2. The van der Waals surface area contributed by atoms with Crippen molar-refractivity contribution in [3.05, 3.63) is 12.4 Å². The van der Waals surface area contributed by atoms with Crippen molar-refractivity contribution < 1.29 is 5.02 Å². The zero-order valence-electron chi connectivity index (χ0n) is 6.70. The van der Waals surface area contributed by atoms with Crippen LogP contribution in [0.2, 0.25) is 0 Å². The smallest absolute Gasteiger partial charge is 0.307 e. The minimum atomic E-state index is 0.0772. The van der Waals surface area contributed by atoms with Gasteiger partial charge in [-0.2, -0.15) is 5.10 Å². The van der Waals surface area contributed by atoms with Gasteiger partial charge in [0.1, 0.15) is 0 Å². The highest BCUT2D eigenvalue weighted by Crippen LogP contribution is 1.71. The summed E-state index contributed by atoms with van der Waals surface area (Å²) in [5, 5.41) is 12.3. The van der Waals surface area contributed by atoms with Crippen molar-refractivity contribution in [3.8, 4) is 0 Å². The van der Waals surface area contributed by atoms with E-state index < -0.39 is 0 Å². The lowest BCUT2D eigenvalue weighted by Gasteiger charge is -1.80. The summed E-state index contributed by atoms with van der Waals surface area (Å²) in [4.78, 5) is 0. The maximum Gasteiger partial charge on any atom is 0.307 e. The molecule has 0 amide bonds. The summed E-state index contributed by atoms with van der Waals surface area (Å²) in [6.45, 7) is 4.00. The molecule has 3 nitrogen and oxygen atoms in total. The molecule has 1 N–H and O–H groups in total. The predicted molar refractivity (Wildman–Crippen MR) is 43.6 cm³/mol. The van der Waals surface area contributed by atoms with Crippen LogP contribution in [0.5, 0.6) is 0 Å². The molecule has 0 saturated heterocycles. The first-order valence-corrected chi connectivity index (χ1v) is 3.41. The van der Waals surface area contributed by atoms with Crippen molar-refractivity contribution in [2.24, 2.45) is 7.05 Å². The summed E-state index contributed by atoms with van der Waals surface area (Å²) in [5.41, 5.74) is 0.854. The normalized spacial score (nSPS) is 8.00. The number of aromatic nitrogens is 2. The number of aryl methyl sites for hydroxylation is 1. The topological polar surface area (TPSA) is 38.0 Å². The van der Waals surface area contributed by atoms with Gasteiger partial charge in [-0.25, -0.2) is 0 Å². The molecule has 0 bridgehead atoms. The Hall–Kier alpha value is -0.765. The monoisotopic (exact) mass is 140 g/mol. The van der Waals surface area contributed by atoms with Gasteiger partial charge in [-0.3, -0.25) is 4.68 Å². The van der Waals surface area contributed by atoms with Gasteiger partial charge >= 0.3 is 7.48 Å². The number of hydrogen-bond donors (Lipinski definition) is 1. The van der Waals surface area contributed by atoms with Crippen molar-refractivity contribution in [2.75, 3.05) is 0 Å². The zero-order valence-corrected chi connectivity index (χ0v) is 6.70. The number of rotatable bonds is 1. The van der Waals surface area contributed by atoms with E-state index in [0.29, 0.717) is 0 Å². The fourth-order valence-corrected chi connectivity index (χ4v) is 0.554. The molecule has 0 spiro atoms. The molecule has 1 aromatic rings. The Morgan fingerprint density at radius 2 is 2.20 bits per heavy atom. The molecule has 0 unspecified atom stereocenters. The summed E-state index contributed by atoms with van der Waals surface area (Å²) in [6, 6.07) is 0.